The van der Waals surface area contributed by atoms with Crippen LogP contribution < -0.4 is 0 Å². The van der Waals surface area contributed by atoms with Crippen molar-refractivity contribution in [3.63, 3.8) is 0 Å². The Labute approximate surface area is 146 Å². The van der Waals surface area contributed by atoms with E-state index in [1.165, 1.54) is 6.92 Å². The van der Waals surface area contributed by atoms with Crippen LogP contribution in [0.1, 0.15) is 68.2 Å². The average molecular weight is 342 g/mol. The second-order valence-corrected chi connectivity index (χ2v) is 8.93. The summed E-state index contributed by atoms with van der Waals surface area (Å²) in [6, 6.07) is 0. The van der Waals surface area contributed by atoms with Crippen LogP contribution in [-0.4, -0.2) is 35.4 Å². The van der Waals surface area contributed by atoms with Crippen molar-refractivity contribution in [1.82, 2.24) is 0 Å². The SMILES string of the molecule is C=C(C)C(=O)OCC(O)CC(=O)OC(C)(CC(C)(C)C)C(C)(C)C. The maximum atomic E-state index is 12.2. The third kappa shape index (κ3) is 7.95. The van der Waals surface area contributed by atoms with Crippen molar-refractivity contribution >= 4 is 11.9 Å². The van der Waals surface area contributed by atoms with Gasteiger partial charge in [-0.3, -0.25) is 4.79 Å². The molecule has 0 aromatic carbocycles. The van der Waals surface area contributed by atoms with Gasteiger partial charge in [0.1, 0.15) is 12.2 Å². The van der Waals surface area contributed by atoms with Gasteiger partial charge in [-0.05, 0) is 25.7 Å². The largest absolute Gasteiger partial charge is 0.460 e. The highest BCUT2D eigenvalue weighted by Crippen LogP contribution is 2.42. The van der Waals surface area contributed by atoms with Crippen LogP contribution >= 0.6 is 0 Å². The van der Waals surface area contributed by atoms with Crippen LogP contribution in [0.2, 0.25) is 0 Å². The summed E-state index contributed by atoms with van der Waals surface area (Å²) >= 11 is 0. The molecule has 0 aliphatic rings. The number of carbonyl (C=O) groups excluding carboxylic acids is 2. The fourth-order valence-corrected chi connectivity index (χ4v) is 2.31. The van der Waals surface area contributed by atoms with Crippen LogP contribution in [0.15, 0.2) is 12.2 Å². The van der Waals surface area contributed by atoms with E-state index in [0.717, 1.165) is 0 Å². The Morgan fingerprint density at radius 3 is 1.96 bits per heavy atom. The molecule has 5 nitrogen and oxygen atoms in total. The van der Waals surface area contributed by atoms with E-state index in [0.29, 0.717) is 6.42 Å². The number of aliphatic hydroxyl groups is 1. The molecule has 0 saturated carbocycles. The van der Waals surface area contributed by atoms with Crippen molar-refractivity contribution in [2.45, 2.75) is 79.9 Å². The zero-order chi connectivity index (χ0) is 19.3. The van der Waals surface area contributed by atoms with Crippen molar-refractivity contribution < 1.29 is 24.2 Å². The molecule has 0 heterocycles. The molecule has 0 radical (unpaired) electrons. The standard InChI is InChI=1S/C19H34O5/c1-13(2)16(22)23-11-14(20)10-15(21)24-19(9,18(6,7)8)12-17(3,4)5/h14,20H,1,10-12H2,2-9H3. The zero-order valence-electron chi connectivity index (χ0n) is 16.5. The smallest absolute Gasteiger partial charge is 0.333 e. The Morgan fingerprint density at radius 1 is 1.08 bits per heavy atom. The first-order valence-electron chi connectivity index (χ1n) is 8.30. The summed E-state index contributed by atoms with van der Waals surface area (Å²) in [6.07, 6.45) is -0.630. The monoisotopic (exact) mass is 342 g/mol. The predicted molar refractivity (Wildman–Crippen MR) is 94.4 cm³/mol. The molecule has 0 rings (SSSR count). The van der Waals surface area contributed by atoms with Crippen LogP contribution in [0.3, 0.4) is 0 Å². The molecule has 1 N–H and O–H groups in total. The van der Waals surface area contributed by atoms with Crippen LogP contribution in [0.25, 0.3) is 0 Å². The number of esters is 2. The molecule has 2 atom stereocenters. The van der Waals surface area contributed by atoms with E-state index in [4.69, 9.17) is 9.47 Å². The van der Waals surface area contributed by atoms with E-state index in [2.05, 4.69) is 27.4 Å². The number of hydrogen-bond acceptors (Lipinski definition) is 5. The van der Waals surface area contributed by atoms with Gasteiger partial charge in [-0.2, -0.15) is 0 Å². The molecule has 0 fully saturated rings. The van der Waals surface area contributed by atoms with E-state index >= 15 is 0 Å². The van der Waals surface area contributed by atoms with Crippen molar-refractivity contribution in [2.24, 2.45) is 10.8 Å². The lowest BCUT2D eigenvalue weighted by Crippen LogP contribution is -2.47. The molecule has 24 heavy (non-hydrogen) atoms. The van der Waals surface area contributed by atoms with E-state index in [9.17, 15) is 14.7 Å². The van der Waals surface area contributed by atoms with Crippen molar-refractivity contribution in [3.05, 3.63) is 12.2 Å². The third-order valence-corrected chi connectivity index (χ3v) is 3.95. The number of hydrogen-bond donors (Lipinski definition) is 1. The van der Waals surface area contributed by atoms with Gasteiger partial charge < -0.3 is 14.6 Å². The minimum atomic E-state index is -1.10. The van der Waals surface area contributed by atoms with Gasteiger partial charge in [0, 0.05) is 11.0 Å². The molecule has 0 saturated heterocycles. The minimum absolute atomic E-state index is 0.0159. The highest BCUT2D eigenvalue weighted by molar-refractivity contribution is 5.86. The van der Waals surface area contributed by atoms with Gasteiger partial charge in [-0.1, -0.05) is 48.1 Å². The normalized spacial score (nSPS) is 16.0. The molecule has 0 spiro atoms. The van der Waals surface area contributed by atoms with Gasteiger partial charge >= 0.3 is 11.9 Å². The number of ether oxygens (including phenoxy) is 2. The fraction of sp³-hybridized carbons (Fsp3) is 0.789. The lowest BCUT2D eigenvalue weighted by molar-refractivity contribution is -0.178. The summed E-state index contributed by atoms with van der Waals surface area (Å²) in [5.74, 6) is -1.09. The molecule has 0 aromatic rings. The minimum Gasteiger partial charge on any atom is -0.460 e. The van der Waals surface area contributed by atoms with E-state index in [1.807, 2.05) is 27.7 Å². The summed E-state index contributed by atoms with van der Waals surface area (Å²) in [7, 11) is 0. The molecule has 0 amide bonds. The van der Waals surface area contributed by atoms with E-state index < -0.39 is 23.6 Å². The Morgan fingerprint density at radius 2 is 1.58 bits per heavy atom. The van der Waals surface area contributed by atoms with Gasteiger partial charge in [0.2, 0.25) is 0 Å². The van der Waals surface area contributed by atoms with Crippen molar-refractivity contribution in [1.29, 1.82) is 0 Å². The number of rotatable bonds is 7. The second kappa shape index (κ2) is 8.15. The summed E-state index contributed by atoms with van der Waals surface area (Å²) in [4.78, 5) is 23.5. The summed E-state index contributed by atoms with van der Waals surface area (Å²) in [5.41, 5.74) is -0.697. The Kier molecular flexibility index (Phi) is 7.68. The highest BCUT2D eigenvalue weighted by Gasteiger charge is 2.44. The summed E-state index contributed by atoms with van der Waals surface area (Å²) in [6.45, 7) is 19.0. The molecule has 140 valence electrons. The van der Waals surface area contributed by atoms with Crippen LogP contribution in [0.5, 0.6) is 0 Å². The van der Waals surface area contributed by atoms with Gasteiger partial charge in [-0.25, -0.2) is 4.79 Å². The first-order chi connectivity index (χ1) is 10.6. The highest BCUT2D eigenvalue weighted by atomic mass is 16.6. The quantitative estimate of drug-likeness (QED) is 0.565. The fourth-order valence-electron chi connectivity index (χ4n) is 2.31. The Bertz CT molecular complexity index is 467. The number of aliphatic hydroxyl groups excluding tert-OH is 1. The van der Waals surface area contributed by atoms with Crippen LogP contribution in [0, 0.1) is 10.8 Å². The molecular formula is C19H34O5. The molecule has 0 aliphatic carbocycles. The second-order valence-electron chi connectivity index (χ2n) is 8.93. The van der Waals surface area contributed by atoms with E-state index in [1.54, 1.807) is 0 Å². The lowest BCUT2D eigenvalue weighted by Gasteiger charge is -2.44. The number of carbonyl (C=O) groups is 2. The maximum absolute atomic E-state index is 12.2. The van der Waals surface area contributed by atoms with Gasteiger partial charge in [0.05, 0.1) is 12.5 Å². The van der Waals surface area contributed by atoms with Gasteiger partial charge in [-0.15, -0.1) is 0 Å². The zero-order valence-corrected chi connectivity index (χ0v) is 16.5. The molecular weight excluding hydrogens is 308 g/mol. The molecule has 5 heteroatoms. The predicted octanol–water partition coefficient (Wildman–Crippen LogP) is 3.64. The van der Waals surface area contributed by atoms with Crippen LogP contribution in [0.4, 0.5) is 0 Å². The van der Waals surface area contributed by atoms with Crippen LogP contribution in [-0.2, 0) is 19.1 Å². The van der Waals surface area contributed by atoms with E-state index in [-0.39, 0.29) is 29.4 Å². The maximum Gasteiger partial charge on any atom is 0.333 e. The first-order valence-corrected chi connectivity index (χ1v) is 8.30. The van der Waals surface area contributed by atoms with Gasteiger partial charge in [0.15, 0.2) is 0 Å². The van der Waals surface area contributed by atoms with Crippen molar-refractivity contribution in [3.8, 4) is 0 Å². The molecule has 2 unspecified atom stereocenters. The van der Waals surface area contributed by atoms with Crippen molar-refractivity contribution in [2.75, 3.05) is 6.61 Å². The first kappa shape index (κ1) is 22.6. The summed E-state index contributed by atoms with van der Waals surface area (Å²) in [5, 5.41) is 9.87. The molecule has 0 bridgehead atoms. The molecule has 0 aliphatic heterocycles. The lowest BCUT2D eigenvalue weighted by atomic mass is 9.69. The van der Waals surface area contributed by atoms with Gasteiger partial charge in [0.25, 0.3) is 0 Å². The summed E-state index contributed by atoms with van der Waals surface area (Å²) < 4.78 is 10.6. The Balaban J connectivity index is 4.79. The average Bonchev–Trinajstić information content (AvgIpc) is 2.31. The Hall–Kier alpha value is -1.36. The topological polar surface area (TPSA) is 72.8 Å². The third-order valence-electron chi connectivity index (χ3n) is 3.95. The molecule has 0 aromatic heterocycles.